The van der Waals surface area contributed by atoms with Crippen LogP contribution < -0.4 is 5.32 Å². The van der Waals surface area contributed by atoms with Crippen LogP contribution >= 0.6 is 22.9 Å². The van der Waals surface area contributed by atoms with Gasteiger partial charge >= 0.3 is 0 Å². The van der Waals surface area contributed by atoms with Gasteiger partial charge in [0.25, 0.3) is 5.91 Å². The predicted molar refractivity (Wildman–Crippen MR) is 70.8 cm³/mol. The molecule has 5 nitrogen and oxygen atoms in total. The SMILES string of the molecule is O=C(Nc1cnns1)c1sccc1C#CCCO. The highest BCUT2D eigenvalue weighted by Crippen LogP contribution is 2.19. The van der Waals surface area contributed by atoms with Gasteiger partial charge in [0.1, 0.15) is 9.88 Å². The second kappa shape index (κ2) is 6.26. The molecule has 0 aromatic carbocycles. The average Bonchev–Trinajstić information content (AvgIpc) is 3.00. The maximum Gasteiger partial charge on any atom is 0.267 e. The van der Waals surface area contributed by atoms with Crippen LogP contribution in [0.5, 0.6) is 0 Å². The first-order valence-corrected chi connectivity index (χ1v) is 6.72. The molecule has 7 heteroatoms. The van der Waals surface area contributed by atoms with Gasteiger partial charge in [-0.3, -0.25) is 4.79 Å². The Morgan fingerprint density at radius 2 is 2.44 bits per heavy atom. The molecule has 0 radical (unpaired) electrons. The molecule has 2 rings (SSSR count). The number of rotatable bonds is 3. The first-order chi connectivity index (χ1) is 8.81. The number of hydrogen-bond acceptors (Lipinski definition) is 6. The molecule has 0 aliphatic rings. The van der Waals surface area contributed by atoms with Crippen LogP contribution in [-0.2, 0) is 0 Å². The number of aromatic nitrogens is 2. The summed E-state index contributed by atoms with van der Waals surface area (Å²) in [5.41, 5.74) is 0.670. The fraction of sp³-hybridized carbons (Fsp3) is 0.182. The lowest BCUT2D eigenvalue weighted by molar-refractivity contribution is 0.103. The van der Waals surface area contributed by atoms with Crippen molar-refractivity contribution in [3.63, 3.8) is 0 Å². The lowest BCUT2D eigenvalue weighted by Crippen LogP contribution is -2.10. The zero-order chi connectivity index (χ0) is 12.8. The molecule has 2 heterocycles. The van der Waals surface area contributed by atoms with E-state index in [-0.39, 0.29) is 12.5 Å². The second-order valence-corrected chi connectivity index (χ2v) is 4.88. The number of nitrogens with zero attached hydrogens (tertiary/aromatic N) is 2. The third-order valence-electron chi connectivity index (χ3n) is 1.93. The van der Waals surface area contributed by atoms with Gasteiger partial charge in [0.2, 0.25) is 0 Å². The summed E-state index contributed by atoms with van der Waals surface area (Å²) in [5.74, 6) is 5.44. The molecule has 0 bridgehead atoms. The van der Waals surface area contributed by atoms with Crippen molar-refractivity contribution in [3.05, 3.63) is 28.1 Å². The van der Waals surface area contributed by atoms with Crippen molar-refractivity contribution in [2.45, 2.75) is 6.42 Å². The molecular weight excluding hydrogens is 270 g/mol. The van der Waals surface area contributed by atoms with Crippen LogP contribution in [0, 0.1) is 11.8 Å². The lowest BCUT2D eigenvalue weighted by atomic mass is 10.2. The van der Waals surface area contributed by atoms with E-state index in [9.17, 15) is 4.79 Å². The average molecular weight is 279 g/mol. The molecule has 0 saturated heterocycles. The van der Waals surface area contributed by atoms with Crippen LogP contribution in [-0.4, -0.2) is 27.2 Å². The fourth-order valence-corrected chi connectivity index (χ4v) is 2.35. The Hall–Kier alpha value is -1.75. The summed E-state index contributed by atoms with van der Waals surface area (Å²) in [5, 5.41) is 17.4. The van der Waals surface area contributed by atoms with E-state index in [1.807, 2.05) is 5.38 Å². The Morgan fingerprint density at radius 3 is 3.17 bits per heavy atom. The van der Waals surface area contributed by atoms with Crippen LogP contribution in [0.1, 0.15) is 21.7 Å². The molecule has 2 aromatic rings. The Balaban J connectivity index is 2.12. The van der Waals surface area contributed by atoms with Crippen LogP contribution in [0.15, 0.2) is 17.6 Å². The minimum Gasteiger partial charge on any atom is -0.395 e. The van der Waals surface area contributed by atoms with Crippen molar-refractivity contribution in [2.75, 3.05) is 11.9 Å². The highest BCUT2D eigenvalue weighted by atomic mass is 32.1. The van der Waals surface area contributed by atoms with E-state index in [0.29, 0.717) is 21.9 Å². The molecule has 2 N–H and O–H groups in total. The van der Waals surface area contributed by atoms with Gasteiger partial charge in [0, 0.05) is 23.5 Å². The molecule has 0 aliphatic heterocycles. The van der Waals surface area contributed by atoms with Gasteiger partial charge in [-0.25, -0.2) is 0 Å². The normalized spacial score (nSPS) is 9.61. The van der Waals surface area contributed by atoms with Gasteiger partial charge < -0.3 is 10.4 Å². The minimum absolute atomic E-state index is 0.0190. The molecule has 0 fully saturated rings. The molecule has 1 amide bonds. The van der Waals surface area contributed by atoms with Crippen LogP contribution in [0.25, 0.3) is 0 Å². The summed E-state index contributed by atoms with van der Waals surface area (Å²) >= 11 is 2.44. The quantitative estimate of drug-likeness (QED) is 0.837. The van der Waals surface area contributed by atoms with Crippen molar-refractivity contribution < 1.29 is 9.90 Å². The zero-order valence-corrected chi connectivity index (χ0v) is 10.8. The van der Waals surface area contributed by atoms with Crippen LogP contribution in [0.2, 0.25) is 0 Å². The Morgan fingerprint density at radius 1 is 1.56 bits per heavy atom. The smallest absolute Gasteiger partial charge is 0.267 e. The number of carbonyl (C=O) groups excluding carboxylic acids is 1. The van der Waals surface area contributed by atoms with E-state index in [0.717, 1.165) is 11.5 Å². The molecule has 0 aliphatic carbocycles. The molecular formula is C11H9N3O2S2. The number of hydrogen-bond donors (Lipinski definition) is 2. The monoisotopic (exact) mass is 279 g/mol. The molecule has 2 aromatic heterocycles. The van der Waals surface area contributed by atoms with Gasteiger partial charge in [-0.05, 0) is 11.4 Å². The second-order valence-electron chi connectivity index (χ2n) is 3.17. The summed E-state index contributed by atoms with van der Waals surface area (Å²) in [6.45, 7) is 0.0190. The van der Waals surface area contributed by atoms with Gasteiger partial charge in [0.15, 0.2) is 0 Å². The lowest BCUT2D eigenvalue weighted by Gasteiger charge is -1.98. The van der Waals surface area contributed by atoms with Crippen LogP contribution in [0.4, 0.5) is 5.00 Å². The van der Waals surface area contributed by atoms with Gasteiger partial charge in [-0.2, -0.15) is 0 Å². The Kier molecular flexibility index (Phi) is 4.41. The first kappa shape index (κ1) is 12.7. The summed E-state index contributed by atoms with van der Waals surface area (Å²) in [6.07, 6.45) is 1.89. The maximum atomic E-state index is 12.0. The molecule has 0 unspecified atom stereocenters. The molecule has 0 atom stereocenters. The number of carbonyl (C=O) groups is 1. The van der Waals surface area contributed by atoms with Crippen molar-refractivity contribution in [2.24, 2.45) is 0 Å². The summed E-state index contributed by atoms with van der Waals surface area (Å²) in [4.78, 5) is 12.5. The molecule has 0 saturated carbocycles. The Labute approximate surface area is 112 Å². The number of thiophene rings is 1. The number of amides is 1. The van der Waals surface area contributed by atoms with E-state index >= 15 is 0 Å². The van der Waals surface area contributed by atoms with E-state index in [2.05, 4.69) is 26.7 Å². The first-order valence-electron chi connectivity index (χ1n) is 5.07. The topological polar surface area (TPSA) is 75.1 Å². The minimum atomic E-state index is -0.218. The van der Waals surface area contributed by atoms with Crippen LogP contribution in [0.3, 0.4) is 0 Å². The van der Waals surface area contributed by atoms with Crippen molar-refractivity contribution in [3.8, 4) is 11.8 Å². The van der Waals surface area contributed by atoms with Gasteiger partial charge in [-0.15, -0.1) is 16.4 Å². The predicted octanol–water partition coefficient (Wildman–Crippen LogP) is 1.59. The highest BCUT2D eigenvalue weighted by molar-refractivity contribution is 7.13. The standard InChI is InChI=1S/C11H9N3O2S2/c15-5-2-1-3-8-4-6-17-10(8)11(16)13-9-7-12-14-18-9/h4,6-7,15H,2,5H2,(H,13,16). The van der Waals surface area contributed by atoms with E-state index in [1.54, 1.807) is 6.07 Å². The maximum absolute atomic E-state index is 12.0. The molecule has 18 heavy (non-hydrogen) atoms. The summed E-state index contributed by atoms with van der Waals surface area (Å²) in [7, 11) is 0. The highest BCUT2D eigenvalue weighted by Gasteiger charge is 2.12. The number of anilines is 1. The Bertz CT molecular complexity index is 581. The zero-order valence-electron chi connectivity index (χ0n) is 9.21. The number of nitrogens with one attached hydrogen (secondary N) is 1. The fourth-order valence-electron chi connectivity index (χ4n) is 1.19. The third-order valence-corrected chi connectivity index (χ3v) is 3.42. The largest absolute Gasteiger partial charge is 0.395 e. The molecule has 92 valence electrons. The number of aliphatic hydroxyl groups excluding tert-OH is 1. The van der Waals surface area contributed by atoms with Gasteiger partial charge in [0.05, 0.1) is 12.8 Å². The van der Waals surface area contributed by atoms with Crippen molar-refractivity contribution >= 4 is 33.8 Å². The third kappa shape index (κ3) is 3.13. The number of aliphatic hydroxyl groups is 1. The summed E-state index contributed by atoms with van der Waals surface area (Å²) < 4.78 is 3.66. The van der Waals surface area contributed by atoms with E-state index in [1.165, 1.54) is 17.5 Å². The van der Waals surface area contributed by atoms with E-state index < -0.39 is 0 Å². The van der Waals surface area contributed by atoms with Crippen molar-refractivity contribution in [1.82, 2.24) is 9.59 Å². The summed E-state index contributed by atoms with van der Waals surface area (Å²) in [6, 6.07) is 1.79. The van der Waals surface area contributed by atoms with Gasteiger partial charge in [-0.1, -0.05) is 16.3 Å². The van der Waals surface area contributed by atoms with Crippen molar-refractivity contribution in [1.29, 1.82) is 0 Å². The van der Waals surface area contributed by atoms with E-state index in [4.69, 9.17) is 5.11 Å². The molecule has 0 spiro atoms.